The van der Waals surface area contributed by atoms with Crippen LogP contribution in [0.4, 0.5) is 0 Å². The molecule has 0 aromatic carbocycles. The molecule has 0 unspecified atom stereocenters. The van der Waals surface area contributed by atoms with Crippen LogP contribution in [0.25, 0.3) is 0 Å². The first-order valence-electron chi connectivity index (χ1n) is 7.64. The summed E-state index contributed by atoms with van der Waals surface area (Å²) in [4.78, 5) is 25.1. The number of aliphatic carboxylic acids is 1. The molecule has 0 bridgehead atoms. The van der Waals surface area contributed by atoms with E-state index >= 15 is 0 Å². The highest BCUT2D eigenvalue weighted by Crippen LogP contribution is 2.38. The zero-order valence-electron chi connectivity index (χ0n) is 12.3. The number of hydrogen-bond donors (Lipinski definition) is 1. The van der Waals surface area contributed by atoms with Gasteiger partial charge in [-0.3, -0.25) is 4.79 Å². The van der Waals surface area contributed by atoms with Gasteiger partial charge in [0, 0.05) is 18.5 Å². The monoisotopic (exact) mass is 283 g/mol. The molecule has 5 heteroatoms. The Balaban J connectivity index is 1.81. The van der Waals surface area contributed by atoms with Crippen molar-refractivity contribution >= 4 is 11.9 Å². The van der Waals surface area contributed by atoms with Crippen LogP contribution in [0.1, 0.15) is 51.9 Å². The minimum Gasteiger partial charge on any atom is -0.480 e. The third-order valence-electron chi connectivity index (χ3n) is 4.65. The number of amides is 1. The molecule has 20 heavy (non-hydrogen) atoms. The van der Waals surface area contributed by atoms with Crippen molar-refractivity contribution < 1.29 is 19.4 Å². The molecule has 0 radical (unpaired) electrons. The van der Waals surface area contributed by atoms with Crippen LogP contribution in [0.2, 0.25) is 0 Å². The van der Waals surface area contributed by atoms with Gasteiger partial charge in [-0.25, -0.2) is 4.79 Å². The van der Waals surface area contributed by atoms with Gasteiger partial charge in [-0.1, -0.05) is 26.2 Å². The predicted octanol–water partition coefficient (Wildman–Crippen LogP) is 2.05. The lowest BCUT2D eigenvalue weighted by Gasteiger charge is -2.40. The van der Waals surface area contributed by atoms with Crippen LogP contribution in [0.15, 0.2) is 0 Å². The molecule has 1 N–H and O–H groups in total. The maximum Gasteiger partial charge on any atom is 0.329 e. The highest BCUT2D eigenvalue weighted by Gasteiger charge is 2.38. The third-order valence-corrected chi connectivity index (χ3v) is 4.65. The molecule has 2 aliphatic rings. The Hall–Kier alpha value is -1.10. The molecule has 114 valence electrons. The van der Waals surface area contributed by atoms with Gasteiger partial charge < -0.3 is 14.7 Å². The summed E-state index contributed by atoms with van der Waals surface area (Å²) in [5, 5.41) is 8.60. The second-order valence-corrected chi connectivity index (χ2v) is 6.32. The molecule has 0 atom stereocenters. The fourth-order valence-corrected chi connectivity index (χ4v) is 3.34. The largest absolute Gasteiger partial charge is 0.480 e. The lowest BCUT2D eigenvalue weighted by molar-refractivity contribution is -0.150. The SMILES string of the molecule is CC1(C(=O)N2CCC(OCC(=O)O)CC2)CCCCC1. The number of hydrogen-bond acceptors (Lipinski definition) is 3. The first-order valence-corrected chi connectivity index (χ1v) is 7.64. The number of likely N-dealkylation sites (tertiary alicyclic amines) is 1. The summed E-state index contributed by atoms with van der Waals surface area (Å²) in [6.45, 7) is 3.25. The van der Waals surface area contributed by atoms with E-state index in [0.29, 0.717) is 13.1 Å². The van der Waals surface area contributed by atoms with Crippen LogP contribution in [0, 0.1) is 5.41 Å². The first kappa shape index (κ1) is 15.3. The number of ether oxygens (including phenoxy) is 1. The van der Waals surface area contributed by atoms with E-state index in [2.05, 4.69) is 6.92 Å². The standard InChI is InChI=1S/C15H25NO4/c1-15(7-3-2-4-8-15)14(19)16-9-5-12(6-10-16)20-11-13(17)18/h12H,2-11H2,1H3,(H,17,18). The summed E-state index contributed by atoms with van der Waals surface area (Å²) < 4.78 is 5.31. The predicted molar refractivity (Wildman–Crippen MR) is 74.4 cm³/mol. The van der Waals surface area contributed by atoms with Crippen molar-refractivity contribution in [2.75, 3.05) is 19.7 Å². The Morgan fingerprint density at radius 1 is 1.20 bits per heavy atom. The number of carboxylic acid groups (broad SMARTS) is 1. The maximum absolute atomic E-state index is 12.6. The number of carbonyl (C=O) groups excluding carboxylic acids is 1. The van der Waals surface area contributed by atoms with Crippen LogP contribution in [0.5, 0.6) is 0 Å². The van der Waals surface area contributed by atoms with E-state index in [9.17, 15) is 9.59 Å². The van der Waals surface area contributed by atoms with E-state index in [1.165, 1.54) is 6.42 Å². The normalized spacial score (nSPS) is 23.6. The molecule has 5 nitrogen and oxygen atoms in total. The number of nitrogens with zero attached hydrogens (tertiary/aromatic N) is 1. The van der Waals surface area contributed by atoms with Crippen molar-refractivity contribution in [2.45, 2.75) is 58.0 Å². The Labute approximate surface area is 120 Å². The van der Waals surface area contributed by atoms with Gasteiger partial charge in [0.15, 0.2) is 0 Å². The minimum atomic E-state index is -0.932. The summed E-state index contributed by atoms with van der Waals surface area (Å²) in [6, 6.07) is 0. The molecular formula is C15H25NO4. The number of carboxylic acids is 1. The maximum atomic E-state index is 12.6. The van der Waals surface area contributed by atoms with Gasteiger partial charge >= 0.3 is 5.97 Å². The van der Waals surface area contributed by atoms with Gasteiger partial charge in [0.05, 0.1) is 6.10 Å². The average Bonchev–Trinajstić information content (AvgIpc) is 2.45. The van der Waals surface area contributed by atoms with Crippen LogP contribution < -0.4 is 0 Å². The fourth-order valence-electron chi connectivity index (χ4n) is 3.34. The third kappa shape index (κ3) is 3.72. The van der Waals surface area contributed by atoms with Crippen molar-refractivity contribution in [3.8, 4) is 0 Å². The van der Waals surface area contributed by atoms with E-state index in [4.69, 9.17) is 9.84 Å². The van der Waals surface area contributed by atoms with Crippen LogP contribution in [-0.2, 0) is 14.3 Å². The molecule has 1 heterocycles. The first-order chi connectivity index (χ1) is 9.51. The van der Waals surface area contributed by atoms with E-state index < -0.39 is 5.97 Å². The van der Waals surface area contributed by atoms with Gasteiger partial charge in [0.2, 0.25) is 5.91 Å². The molecular weight excluding hydrogens is 258 g/mol. The molecule has 2 fully saturated rings. The molecule has 1 aliphatic carbocycles. The van der Waals surface area contributed by atoms with Crippen molar-refractivity contribution in [1.29, 1.82) is 0 Å². The van der Waals surface area contributed by atoms with Gasteiger partial charge in [0.25, 0.3) is 0 Å². The summed E-state index contributed by atoms with van der Waals surface area (Å²) >= 11 is 0. The molecule has 1 saturated carbocycles. The topological polar surface area (TPSA) is 66.8 Å². The van der Waals surface area contributed by atoms with Crippen LogP contribution in [0.3, 0.4) is 0 Å². The number of rotatable bonds is 4. The van der Waals surface area contributed by atoms with Gasteiger partial charge in [-0.2, -0.15) is 0 Å². The summed E-state index contributed by atoms with van der Waals surface area (Å²) in [6.07, 6.45) is 7.02. The second kappa shape index (κ2) is 6.57. The molecule has 0 aromatic heterocycles. The van der Waals surface area contributed by atoms with Crippen molar-refractivity contribution in [1.82, 2.24) is 4.90 Å². The molecule has 1 aliphatic heterocycles. The zero-order valence-corrected chi connectivity index (χ0v) is 12.3. The van der Waals surface area contributed by atoms with Crippen molar-refractivity contribution in [3.63, 3.8) is 0 Å². The summed E-state index contributed by atoms with van der Waals surface area (Å²) in [5.41, 5.74) is -0.174. The highest BCUT2D eigenvalue weighted by molar-refractivity contribution is 5.82. The quantitative estimate of drug-likeness (QED) is 0.857. The van der Waals surface area contributed by atoms with Crippen molar-refractivity contribution in [3.05, 3.63) is 0 Å². The minimum absolute atomic E-state index is 0.0192. The number of carbonyl (C=O) groups is 2. The number of piperidine rings is 1. The van der Waals surface area contributed by atoms with Gasteiger partial charge in [-0.05, 0) is 25.7 Å². The second-order valence-electron chi connectivity index (χ2n) is 6.32. The van der Waals surface area contributed by atoms with E-state index in [0.717, 1.165) is 38.5 Å². The Bertz CT molecular complexity index is 355. The molecule has 1 amide bonds. The molecule has 0 aromatic rings. The average molecular weight is 283 g/mol. The molecule has 0 spiro atoms. The Morgan fingerprint density at radius 2 is 1.80 bits per heavy atom. The molecule has 1 saturated heterocycles. The Kier molecular flexibility index (Phi) is 5.02. The van der Waals surface area contributed by atoms with E-state index in [-0.39, 0.29) is 24.0 Å². The molecule has 2 rings (SSSR count). The fraction of sp³-hybridized carbons (Fsp3) is 0.867. The smallest absolute Gasteiger partial charge is 0.329 e. The lowest BCUT2D eigenvalue weighted by Crippen LogP contribution is -2.48. The lowest BCUT2D eigenvalue weighted by atomic mass is 9.74. The van der Waals surface area contributed by atoms with Gasteiger partial charge in [-0.15, -0.1) is 0 Å². The van der Waals surface area contributed by atoms with Crippen LogP contribution in [-0.4, -0.2) is 47.7 Å². The van der Waals surface area contributed by atoms with E-state index in [1.54, 1.807) is 0 Å². The van der Waals surface area contributed by atoms with E-state index in [1.807, 2.05) is 4.90 Å². The summed E-state index contributed by atoms with van der Waals surface area (Å²) in [7, 11) is 0. The Morgan fingerprint density at radius 3 is 2.35 bits per heavy atom. The van der Waals surface area contributed by atoms with Gasteiger partial charge in [0.1, 0.15) is 6.61 Å². The summed E-state index contributed by atoms with van der Waals surface area (Å²) in [5.74, 6) is -0.646. The van der Waals surface area contributed by atoms with Crippen LogP contribution >= 0.6 is 0 Å². The van der Waals surface area contributed by atoms with Crippen molar-refractivity contribution in [2.24, 2.45) is 5.41 Å². The highest BCUT2D eigenvalue weighted by atomic mass is 16.5. The zero-order chi connectivity index (χ0) is 14.6.